The summed E-state index contributed by atoms with van der Waals surface area (Å²) < 4.78 is 37.5. The molecule has 0 amide bonds. The van der Waals surface area contributed by atoms with Crippen LogP contribution in [0.2, 0.25) is 0 Å². The van der Waals surface area contributed by atoms with Crippen LogP contribution >= 0.6 is 0 Å². The van der Waals surface area contributed by atoms with Crippen LogP contribution in [-0.2, 0) is 19.5 Å². The van der Waals surface area contributed by atoms with Gasteiger partial charge in [0.05, 0.1) is 30.2 Å². The van der Waals surface area contributed by atoms with Crippen LogP contribution in [0.3, 0.4) is 0 Å². The van der Waals surface area contributed by atoms with E-state index in [2.05, 4.69) is 19.1 Å². The van der Waals surface area contributed by atoms with Crippen molar-refractivity contribution in [3.8, 4) is 0 Å². The van der Waals surface area contributed by atoms with Gasteiger partial charge in [0.1, 0.15) is 0 Å². The molecule has 8 nitrogen and oxygen atoms in total. The van der Waals surface area contributed by atoms with E-state index in [1.54, 1.807) is 0 Å². The number of carbonyl (C=O) groups excluding carboxylic acids is 2. The molecule has 1 atom stereocenters. The van der Waals surface area contributed by atoms with E-state index in [1.165, 1.54) is 32.4 Å². The number of likely N-dealkylation sites (N-methyl/N-ethyl adjacent to an activating group) is 1. The third-order valence-electron chi connectivity index (χ3n) is 4.33. The summed E-state index contributed by atoms with van der Waals surface area (Å²) in [6.45, 7) is 4.44. The highest BCUT2D eigenvalue weighted by Gasteiger charge is 2.26. The Kier molecular flexibility index (Phi) is 6.74. The summed E-state index contributed by atoms with van der Waals surface area (Å²) in [5.74, 6) is -1.47. The van der Waals surface area contributed by atoms with Gasteiger partial charge in [0.25, 0.3) is 0 Å². The summed E-state index contributed by atoms with van der Waals surface area (Å²) in [6, 6.07) is 3.41. The highest BCUT2D eigenvalue weighted by atomic mass is 32.2. The number of piperidine rings is 1. The van der Waals surface area contributed by atoms with Crippen molar-refractivity contribution < 1.29 is 27.5 Å². The van der Waals surface area contributed by atoms with Crippen LogP contribution in [0.15, 0.2) is 23.1 Å². The van der Waals surface area contributed by atoms with E-state index in [0.29, 0.717) is 6.54 Å². The summed E-state index contributed by atoms with van der Waals surface area (Å²) in [4.78, 5) is 25.7. The van der Waals surface area contributed by atoms with Crippen molar-refractivity contribution in [1.82, 2.24) is 9.62 Å². The first kappa shape index (κ1) is 20.3. The average molecular weight is 384 g/mol. The first-order valence-corrected chi connectivity index (χ1v) is 9.85. The van der Waals surface area contributed by atoms with Crippen molar-refractivity contribution in [1.29, 1.82) is 0 Å². The maximum atomic E-state index is 12.8. The Bertz CT molecular complexity index is 743. The van der Waals surface area contributed by atoms with Gasteiger partial charge in [0.15, 0.2) is 0 Å². The lowest BCUT2D eigenvalue weighted by molar-refractivity contribution is 0.0598. The molecule has 0 spiro atoms. The molecule has 1 aliphatic heterocycles. The molecule has 9 heteroatoms. The van der Waals surface area contributed by atoms with Crippen molar-refractivity contribution in [3.05, 3.63) is 29.3 Å². The highest BCUT2D eigenvalue weighted by Crippen LogP contribution is 2.19. The molecule has 1 aromatic carbocycles. The fraction of sp³-hybridized carbons (Fsp3) is 0.529. The van der Waals surface area contributed by atoms with Gasteiger partial charge in [0, 0.05) is 12.6 Å². The Morgan fingerprint density at radius 2 is 1.73 bits per heavy atom. The molecule has 0 aromatic heterocycles. The number of carbonyl (C=O) groups is 2. The number of likely N-dealkylation sites (tertiary alicyclic amines) is 1. The summed E-state index contributed by atoms with van der Waals surface area (Å²) >= 11 is 0. The molecule has 144 valence electrons. The van der Waals surface area contributed by atoms with Crippen LogP contribution in [0.1, 0.15) is 40.5 Å². The molecular formula is C17H24N2O6S. The van der Waals surface area contributed by atoms with Gasteiger partial charge in [-0.2, -0.15) is 0 Å². The van der Waals surface area contributed by atoms with E-state index in [1.807, 2.05) is 6.92 Å². The SMILES string of the molecule is CCN1CCCC(NS(=O)(=O)c2cc(C(=O)OC)cc(C(=O)OC)c2)C1. The van der Waals surface area contributed by atoms with E-state index in [9.17, 15) is 18.0 Å². The summed E-state index contributed by atoms with van der Waals surface area (Å²) in [5, 5.41) is 0. The average Bonchev–Trinajstić information content (AvgIpc) is 2.66. The molecule has 0 bridgehead atoms. The van der Waals surface area contributed by atoms with Crippen LogP contribution in [0.4, 0.5) is 0 Å². The molecule has 0 radical (unpaired) electrons. The Morgan fingerprint density at radius 3 is 2.23 bits per heavy atom. The molecule has 1 fully saturated rings. The molecule has 0 aliphatic carbocycles. The van der Waals surface area contributed by atoms with Gasteiger partial charge < -0.3 is 14.4 Å². The predicted octanol–water partition coefficient (Wildman–Crippen LogP) is 1.02. The van der Waals surface area contributed by atoms with Crippen molar-refractivity contribution in [3.63, 3.8) is 0 Å². The topological polar surface area (TPSA) is 102 Å². The Morgan fingerprint density at radius 1 is 1.15 bits per heavy atom. The molecule has 1 heterocycles. The Labute approximate surface area is 153 Å². The highest BCUT2D eigenvalue weighted by molar-refractivity contribution is 7.89. The largest absolute Gasteiger partial charge is 0.465 e. The zero-order chi connectivity index (χ0) is 19.3. The van der Waals surface area contributed by atoms with E-state index in [4.69, 9.17) is 0 Å². The van der Waals surface area contributed by atoms with E-state index < -0.39 is 22.0 Å². The summed E-state index contributed by atoms with van der Waals surface area (Å²) in [7, 11) is -1.55. The van der Waals surface area contributed by atoms with Crippen molar-refractivity contribution in [2.45, 2.75) is 30.7 Å². The van der Waals surface area contributed by atoms with E-state index in [-0.39, 0.29) is 22.1 Å². The fourth-order valence-corrected chi connectivity index (χ4v) is 4.28. The lowest BCUT2D eigenvalue weighted by Gasteiger charge is -2.32. The number of ether oxygens (including phenoxy) is 2. The molecule has 1 aromatic rings. The molecule has 1 aliphatic rings. The van der Waals surface area contributed by atoms with Gasteiger partial charge in [-0.3, -0.25) is 0 Å². The van der Waals surface area contributed by atoms with Gasteiger partial charge in [-0.05, 0) is 44.1 Å². The minimum atomic E-state index is -3.91. The van der Waals surface area contributed by atoms with Crippen molar-refractivity contribution in [2.24, 2.45) is 0 Å². The molecular weight excluding hydrogens is 360 g/mol. The van der Waals surface area contributed by atoms with Gasteiger partial charge >= 0.3 is 11.9 Å². The zero-order valence-corrected chi connectivity index (χ0v) is 16.0. The number of benzene rings is 1. The number of methoxy groups -OCH3 is 2. The molecule has 1 unspecified atom stereocenters. The summed E-state index contributed by atoms with van der Waals surface area (Å²) in [6.07, 6.45) is 1.63. The molecule has 2 rings (SSSR count). The van der Waals surface area contributed by atoms with Crippen LogP contribution in [0.5, 0.6) is 0 Å². The third-order valence-corrected chi connectivity index (χ3v) is 5.83. The maximum Gasteiger partial charge on any atom is 0.337 e. The smallest absolute Gasteiger partial charge is 0.337 e. The van der Waals surface area contributed by atoms with Gasteiger partial charge in [-0.1, -0.05) is 6.92 Å². The number of nitrogens with one attached hydrogen (secondary N) is 1. The van der Waals surface area contributed by atoms with Crippen LogP contribution < -0.4 is 4.72 Å². The quantitative estimate of drug-likeness (QED) is 0.731. The lowest BCUT2D eigenvalue weighted by atomic mass is 10.1. The number of sulfonamides is 1. The standard InChI is InChI=1S/C17H24N2O6S/c1-4-19-7-5-6-14(11-19)18-26(22,23)15-9-12(16(20)24-2)8-13(10-15)17(21)25-3/h8-10,14,18H,4-7,11H2,1-3H3. The fourth-order valence-electron chi connectivity index (χ4n) is 2.95. The lowest BCUT2D eigenvalue weighted by Crippen LogP contribution is -2.47. The summed E-state index contributed by atoms with van der Waals surface area (Å²) in [5.41, 5.74) is -0.0655. The second kappa shape index (κ2) is 8.61. The number of nitrogens with zero attached hydrogens (tertiary/aromatic N) is 1. The maximum absolute atomic E-state index is 12.8. The third kappa shape index (κ3) is 4.80. The predicted molar refractivity (Wildman–Crippen MR) is 94.6 cm³/mol. The number of rotatable bonds is 6. The minimum Gasteiger partial charge on any atom is -0.465 e. The first-order chi connectivity index (χ1) is 12.3. The van der Waals surface area contributed by atoms with E-state index in [0.717, 1.165) is 25.9 Å². The Balaban J connectivity index is 2.34. The zero-order valence-electron chi connectivity index (χ0n) is 15.1. The monoisotopic (exact) mass is 384 g/mol. The van der Waals surface area contributed by atoms with Crippen LogP contribution in [0.25, 0.3) is 0 Å². The van der Waals surface area contributed by atoms with Gasteiger partial charge in [-0.25, -0.2) is 22.7 Å². The molecule has 26 heavy (non-hydrogen) atoms. The molecule has 1 saturated heterocycles. The number of hydrogen-bond acceptors (Lipinski definition) is 7. The van der Waals surface area contributed by atoms with E-state index >= 15 is 0 Å². The van der Waals surface area contributed by atoms with Crippen molar-refractivity contribution >= 4 is 22.0 Å². The number of hydrogen-bond donors (Lipinski definition) is 1. The van der Waals surface area contributed by atoms with Gasteiger partial charge in [0.2, 0.25) is 10.0 Å². The normalized spacial score (nSPS) is 18.3. The minimum absolute atomic E-state index is 0.0328. The number of esters is 2. The first-order valence-electron chi connectivity index (χ1n) is 8.37. The second-order valence-corrected chi connectivity index (χ2v) is 7.80. The van der Waals surface area contributed by atoms with Gasteiger partial charge in [-0.15, -0.1) is 0 Å². The second-order valence-electron chi connectivity index (χ2n) is 6.08. The van der Waals surface area contributed by atoms with Crippen LogP contribution in [-0.4, -0.2) is 65.2 Å². The van der Waals surface area contributed by atoms with Crippen molar-refractivity contribution in [2.75, 3.05) is 33.9 Å². The molecule has 1 N–H and O–H groups in total. The Hall–Kier alpha value is -1.97. The molecule has 0 saturated carbocycles. The van der Waals surface area contributed by atoms with Crippen LogP contribution in [0, 0.1) is 0 Å².